The van der Waals surface area contributed by atoms with Gasteiger partial charge >= 0.3 is 0 Å². The molecule has 0 radical (unpaired) electrons. The van der Waals surface area contributed by atoms with Crippen LogP contribution in [0.15, 0.2) is 59.2 Å². The molecule has 188 valence electrons. The topological polar surface area (TPSA) is 132 Å². The monoisotopic (exact) mass is 517 g/mol. The molecule has 5 rings (SSSR count). The van der Waals surface area contributed by atoms with Crippen LogP contribution in [0.2, 0.25) is 0 Å². The van der Waals surface area contributed by atoms with E-state index in [4.69, 9.17) is 5.10 Å². The predicted octanol–water partition coefficient (Wildman–Crippen LogP) is 6.27. The Morgan fingerprint density at radius 1 is 1.05 bits per heavy atom. The number of anilines is 1. The molecule has 2 unspecified atom stereocenters. The first-order valence-corrected chi connectivity index (χ1v) is 12.6. The molecule has 0 amide bonds. The molecule has 2 aromatic carbocycles. The Kier molecular flexibility index (Phi) is 6.38. The Bertz CT molecular complexity index is 1460. The lowest BCUT2D eigenvalue weighted by molar-refractivity contribution is -0.385. The van der Waals surface area contributed by atoms with Crippen molar-refractivity contribution in [2.45, 2.75) is 39.2 Å². The third-order valence-electron chi connectivity index (χ3n) is 6.69. The maximum absolute atomic E-state index is 12.1. The van der Waals surface area contributed by atoms with Crippen LogP contribution in [0.1, 0.15) is 58.7 Å². The molecule has 37 heavy (non-hydrogen) atoms. The summed E-state index contributed by atoms with van der Waals surface area (Å²) in [5, 5.41) is 29.7. The van der Waals surface area contributed by atoms with Crippen LogP contribution in [0.4, 0.5) is 16.5 Å². The van der Waals surface area contributed by atoms with Crippen molar-refractivity contribution in [3.05, 3.63) is 96.0 Å². The van der Waals surface area contributed by atoms with E-state index >= 15 is 0 Å². The molecule has 0 saturated heterocycles. The summed E-state index contributed by atoms with van der Waals surface area (Å²) < 4.78 is 0. The minimum absolute atomic E-state index is 0.0146. The number of non-ortho nitro benzene ring substituents is 2. The number of aryl methyl sites for hydroxylation is 1. The molecule has 1 saturated carbocycles. The van der Waals surface area contributed by atoms with Crippen molar-refractivity contribution in [1.82, 2.24) is 4.98 Å². The van der Waals surface area contributed by atoms with Gasteiger partial charge in [-0.25, -0.2) is 9.99 Å². The highest BCUT2D eigenvalue weighted by atomic mass is 32.1. The number of hydrogen-bond acceptors (Lipinski definition) is 9. The third kappa shape index (κ3) is 4.65. The van der Waals surface area contributed by atoms with Crippen molar-refractivity contribution in [1.29, 1.82) is 0 Å². The number of allylic oxidation sites excluding steroid dienone is 1. The second-order valence-corrected chi connectivity index (χ2v) is 10.1. The summed E-state index contributed by atoms with van der Waals surface area (Å²) in [6.45, 7) is 3.31. The highest BCUT2D eigenvalue weighted by Crippen LogP contribution is 2.47. The second kappa shape index (κ2) is 9.66. The first kappa shape index (κ1) is 24.4. The zero-order valence-corrected chi connectivity index (χ0v) is 21.0. The minimum atomic E-state index is -0.424. The van der Waals surface area contributed by atoms with Gasteiger partial charge < -0.3 is 0 Å². The maximum Gasteiger partial charge on any atom is 0.269 e. The van der Waals surface area contributed by atoms with E-state index in [2.05, 4.69) is 4.98 Å². The number of Topliss-reactive ketones (excluding diaryl/α,β-unsaturated/α-hetero) is 1. The van der Waals surface area contributed by atoms with E-state index in [-0.39, 0.29) is 29.1 Å². The Balaban J connectivity index is 1.58. The van der Waals surface area contributed by atoms with Crippen LogP contribution >= 0.6 is 11.3 Å². The number of nitrogens with zero attached hydrogens (tertiary/aromatic N) is 5. The molecular weight excluding hydrogens is 494 g/mol. The van der Waals surface area contributed by atoms with E-state index in [9.17, 15) is 25.0 Å². The molecule has 1 aliphatic carbocycles. The van der Waals surface area contributed by atoms with Crippen LogP contribution in [0.25, 0.3) is 6.08 Å². The number of carbonyl (C=O) groups excluding carboxylic acids is 1. The Morgan fingerprint density at radius 3 is 2.24 bits per heavy atom. The number of hydrogen-bond donors (Lipinski definition) is 0. The van der Waals surface area contributed by atoms with Crippen molar-refractivity contribution in [3.63, 3.8) is 0 Å². The van der Waals surface area contributed by atoms with Gasteiger partial charge in [-0.05, 0) is 61.1 Å². The lowest BCUT2D eigenvalue weighted by atomic mass is 9.77. The summed E-state index contributed by atoms with van der Waals surface area (Å²) in [5.41, 5.74) is 4.37. The van der Waals surface area contributed by atoms with Crippen LogP contribution in [0.5, 0.6) is 0 Å². The fraction of sp³-hybridized carbons (Fsp3) is 0.269. The van der Waals surface area contributed by atoms with Crippen LogP contribution < -0.4 is 5.01 Å². The van der Waals surface area contributed by atoms with E-state index in [0.717, 1.165) is 41.7 Å². The first-order chi connectivity index (χ1) is 17.7. The lowest BCUT2D eigenvalue weighted by Gasteiger charge is -2.29. The fourth-order valence-corrected chi connectivity index (χ4v) is 5.93. The molecule has 1 aromatic heterocycles. The van der Waals surface area contributed by atoms with Crippen molar-refractivity contribution < 1.29 is 14.6 Å². The highest BCUT2D eigenvalue weighted by molar-refractivity contribution is 7.17. The summed E-state index contributed by atoms with van der Waals surface area (Å²) in [6.07, 6.45) is 4.62. The number of thiazole rings is 1. The second-order valence-electron chi connectivity index (χ2n) is 9.11. The smallest absolute Gasteiger partial charge is 0.269 e. The van der Waals surface area contributed by atoms with Gasteiger partial charge in [0, 0.05) is 37.1 Å². The van der Waals surface area contributed by atoms with E-state index in [1.807, 2.05) is 11.1 Å². The van der Waals surface area contributed by atoms with E-state index in [0.29, 0.717) is 15.7 Å². The number of nitro benzene ring substituents is 2. The molecule has 1 aliphatic heterocycles. The molecule has 1 fully saturated rings. The van der Waals surface area contributed by atoms with Gasteiger partial charge in [0.25, 0.3) is 11.4 Å². The number of fused-ring (bicyclic) bond motifs is 1. The Hall–Kier alpha value is -4.25. The third-order valence-corrected chi connectivity index (χ3v) is 7.94. The largest absolute Gasteiger partial charge is 0.294 e. The molecule has 0 N–H and O–H groups in total. The molecule has 10 nitrogen and oxygen atoms in total. The standard InChI is InChI=1S/C26H23N5O5S/c1-15-25(16(2)32)37-26(27-15)29-24(18-8-12-21(13-9-18)31(35)36)22-5-3-4-19(23(22)28-29)14-17-6-10-20(11-7-17)30(33)34/h6-14,22,24H,3-5H2,1-2H3/b19-14+. The number of ketones is 1. The van der Waals surface area contributed by atoms with Crippen molar-refractivity contribution >= 4 is 45.4 Å². The summed E-state index contributed by atoms with van der Waals surface area (Å²) in [5.74, 6) is -0.0411. The normalized spacial score (nSPS) is 20.0. The van der Waals surface area contributed by atoms with E-state index < -0.39 is 9.85 Å². The molecular formula is C26H23N5O5S. The van der Waals surface area contributed by atoms with Crippen LogP contribution in [0.3, 0.4) is 0 Å². The summed E-state index contributed by atoms with van der Waals surface area (Å²) in [6, 6.07) is 12.7. The highest BCUT2D eigenvalue weighted by Gasteiger charge is 2.43. The number of rotatable bonds is 6. The molecule has 2 heterocycles. The Labute approximate surface area is 216 Å². The van der Waals surface area contributed by atoms with Gasteiger partial charge in [0.05, 0.1) is 32.2 Å². The number of carbonyl (C=O) groups is 1. The van der Waals surface area contributed by atoms with Crippen LogP contribution in [-0.2, 0) is 0 Å². The summed E-state index contributed by atoms with van der Waals surface area (Å²) in [4.78, 5) is 38.7. The van der Waals surface area contributed by atoms with Crippen LogP contribution in [0, 0.1) is 33.1 Å². The van der Waals surface area contributed by atoms with Crippen molar-refractivity contribution in [2.24, 2.45) is 11.0 Å². The van der Waals surface area contributed by atoms with Crippen LogP contribution in [-0.4, -0.2) is 26.3 Å². The van der Waals surface area contributed by atoms with Gasteiger partial charge in [-0.2, -0.15) is 5.10 Å². The zero-order chi connectivity index (χ0) is 26.3. The average molecular weight is 518 g/mol. The van der Waals surface area contributed by atoms with E-state index in [1.54, 1.807) is 31.2 Å². The molecule has 3 aromatic rings. The van der Waals surface area contributed by atoms with Gasteiger partial charge in [0.1, 0.15) is 0 Å². The molecule has 2 aliphatic rings. The first-order valence-electron chi connectivity index (χ1n) is 11.8. The molecule has 11 heteroatoms. The summed E-state index contributed by atoms with van der Waals surface area (Å²) in [7, 11) is 0. The fourth-order valence-electron chi connectivity index (χ4n) is 4.98. The van der Waals surface area contributed by atoms with Gasteiger partial charge in [0.2, 0.25) is 5.13 Å². The van der Waals surface area contributed by atoms with Gasteiger partial charge in [-0.3, -0.25) is 25.0 Å². The number of benzene rings is 2. The Morgan fingerprint density at radius 2 is 1.68 bits per heavy atom. The maximum atomic E-state index is 12.1. The quantitative estimate of drug-likeness (QED) is 0.214. The van der Waals surface area contributed by atoms with Gasteiger partial charge in [-0.15, -0.1) is 0 Å². The zero-order valence-electron chi connectivity index (χ0n) is 20.2. The number of aromatic nitrogens is 1. The molecule has 0 bridgehead atoms. The number of nitro groups is 2. The summed E-state index contributed by atoms with van der Waals surface area (Å²) >= 11 is 1.29. The van der Waals surface area contributed by atoms with E-state index in [1.165, 1.54) is 42.5 Å². The minimum Gasteiger partial charge on any atom is -0.294 e. The van der Waals surface area contributed by atoms with Crippen molar-refractivity contribution in [2.75, 3.05) is 5.01 Å². The van der Waals surface area contributed by atoms with Gasteiger partial charge in [0.15, 0.2) is 5.78 Å². The lowest BCUT2D eigenvalue weighted by Crippen LogP contribution is -2.28. The SMILES string of the molecule is CC(=O)c1sc(N2N=C3/C(=C/c4ccc([N+](=O)[O-])cc4)CCCC3C2c2ccc([N+](=O)[O-])cc2)nc1C. The molecule has 2 atom stereocenters. The van der Waals surface area contributed by atoms with Gasteiger partial charge in [-0.1, -0.05) is 23.5 Å². The van der Waals surface area contributed by atoms with Crippen molar-refractivity contribution in [3.8, 4) is 0 Å². The average Bonchev–Trinajstić information content (AvgIpc) is 3.46. The predicted molar refractivity (Wildman–Crippen MR) is 141 cm³/mol. The number of hydrazone groups is 1. The molecule has 0 spiro atoms.